The van der Waals surface area contributed by atoms with Crippen molar-refractivity contribution in [2.24, 2.45) is 0 Å². The number of amides is 1. The quantitative estimate of drug-likeness (QED) is 0.885. The molecule has 1 aromatic heterocycles. The zero-order valence-electron chi connectivity index (χ0n) is 14.0. The smallest absolute Gasteiger partial charge is 0.259 e. The summed E-state index contributed by atoms with van der Waals surface area (Å²) in [5.74, 6) is 2.14. The highest BCUT2D eigenvalue weighted by molar-refractivity contribution is 5.77. The van der Waals surface area contributed by atoms with E-state index in [1.54, 1.807) is 14.1 Å². The molecule has 2 rings (SSSR count). The van der Waals surface area contributed by atoms with Crippen LogP contribution in [0.1, 0.15) is 17.1 Å². The van der Waals surface area contributed by atoms with Gasteiger partial charge in [0, 0.05) is 32.4 Å². The van der Waals surface area contributed by atoms with Crippen LogP contribution in [0.15, 0.2) is 30.3 Å². The number of benzene rings is 1. The zero-order valence-corrected chi connectivity index (χ0v) is 14.0. The molecule has 23 heavy (non-hydrogen) atoms. The first kappa shape index (κ1) is 16.7. The number of nitrogens with zero attached hydrogens (tertiary/aromatic N) is 3. The van der Waals surface area contributed by atoms with Gasteiger partial charge in [-0.1, -0.05) is 12.1 Å². The summed E-state index contributed by atoms with van der Waals surface area (Å²) >= 11 is 0. The van der Waals surface area contributed by atoms with E-state index < -0.39 is 0 Å². The Morgan fingerprint density at radius 3 is 2.70 bits per heavy atom. The Morgan fingerprint density at radius 2 is 2.00 bits per heavy atom. The molecule has 1 amide bonds. The van der Waals surface area contributed by atoms with Crippen LogP contribution in [0.4, 0.5) is 5.82 Å². The molecule has 1 heterocycles. The number of carbonyl (C=O) groups excluding carboxylic acids is 1. The number of hydrogen-bond donors (Lipinski definition) is 1. The zero-order chi connectivity index (χ0) is 16.8. The average Bonchev–Trinajstić information content (AvgIpc) is 2.50. The van der Waals surface area contributed by atoms with Crippen LogP contribution in [-0.4, -0.2) is 41.5 Å². The fourth-order valence-electron chi connectivity index (χ4n) is 2.02. The van der Waals surface area contributed by atoms with Crippen molar-refractivity contribution in [3.8, 4) is 5.75 Å². The van der Waals surface area contributed by atoms with Crippen molar-refractivity contribution >= 4 is 11.7 Å². The van der Waals surface area contributed by atoms with E-state index >= 15 is 0 Å². The molecule has 6 heteroatoms. The predicted molar refractivity (Wildman–Crippen MR) is 89.5 cm³/mol. The lowest BCUT2D eigenvalue weighted by Gasteiger charge is -2.12. The van der Waals surface area contributed by atoms with Crippen LogP contribution in [0.2, 0.25) is 0 Å². The van der Waals surface area contributed by atoms with Crippen molar-refractivity contribution in [1.29, 1.82) is 0 Å². The van der Waals surface area contributed by atoms with Gasteiger partial charge in [0.25, 0.3) is 5.91 Å². The molecule has 0 bridgehead atoms. The Morgan fingerprint density at radius 1 is 1.22 bits per heavy atom. The number of aromatic nitrogens is 2. The SMILES string of the molecule is Cc1cc(NCc2cccc(OCC(=O)N(C)C)c2)nc(C)n1. The first-order valence-electron chi connectivity index (χ1n) is 7.42. The summed E-state index contributed by atoms with van der Waals surface area (Å²) in [6.45, 7) is 4.47. The van der Waals surface area contributed by atoms with E-state index in [9.17, 15) is 4.79 Å². The molecule has 0 aliphatic rings. The highest BCUT2D eigenvalue weighted by atomic mass is 16.5. The molecule has 0 atom stereocenters. The molecule has 2 aromatic rings. The van der Waals surface area contributed by atoms with Gasteiger partial charge in [-0.3, -0.25) is 4.79 Å². The molecule has 0 fully saturated rings. The second-order valence-electron chi connectivity index (χ2n) is 5.52. The lowest BCUT2D eigenvalue weighted by Crippen LogP contribution is -2.27. The van der Waals surface area contributed by atoms with Crippen LogP contribution in [0.5, 0.6) is 5.75 Å². The number of hydrogen-bond acceptors (Lipinski definition) is 5. The maximum atomic E-state index is 11.5. The molecule has 0 radical (unpaired) electrons. The lowest BCUT2D eigenvalue weighted by atomic mass is 10.2. The van der Waals surface area contributed by atoms with Crippen LogP contribution < -0.4 is 10.1 Å². The highest BCUT2D eigenvalue weighted by Crippen LogP contribution is 2.15. The van der Waals surface area contributed by atoms with Crippen molar-refractivity contribution in [1.82, 2.24) is 14.9 Å². The third kappa shape index (κ3) is 5.25. The van der Waals surface area contributed by atoms with E-state index in [-0.39, 0.29) is 12.5 Å². The molecule has 0 unspecified atom stereocenters. The van der Waals surface area contributed by atoms with Gasteiger partial charge in [-0.2, -0.15) is 0 Å². The van der Waals surface area contributed by atoms with E-state index in [4.69, 9.17) is 4.74 Å². The van der Waals surface area contributed by atoms with Gasteiger partial charge >= 0.3 is 0 Å². The number of rotatable bonds is 6. The topological polar surface area (TPSA) is 67.3 Å². The molecule has 1 aromatic carbocycles. The first-order chi connectivity index (χ1) is 10.9. The van der Waals surface area contributed by atoms with Crippen molar-refractivity contribution in [2.45, 2.75) is 20.4 Å². The van der Waals surface area contributed by atoms with E-state index in [1.165, 1.54) is 4.90 Å². The maximum Gasteiger partial charge on any atom is 0.259 e. The van der Waals surface area contributed by atoms with Gasteiger partial charge in [0.15, 0.2) is 6.61 Å². The summed E-state index contributed by atoms with van der Waals surface area (Å²) in [6, 6.07) is 9.56. The summed E-state index contributed by atoms with van der Waals surface area (Å²) < 4.78 is 5.52. The standard InChI is InChI=1S/C17H22N4O2/c1-12-8-16(20-13(2)19-12)18-10-14-6-5-7-15(9-14)23-11-17(22)21(3)4/h5-9H,10-11H2,1-4H3,(H,18,19,20). The second-order valence-corrected chi connectivity index (χ2v) is 5.52. The van der Waals surface area contributed by atoms with Gasteiger partial charge in [-0.25, -0.2) is 9.97 Å². The van der Waals surface area contributed by atoms with Crippen molar-refractivity contribution in [3.05, 3.63) is 47.4 Å². The number of carbonyl (C=O) groups is 1. The Hall–Kier alpha value is -2.63. The van der Waals surface area contributed by atoms with Crippen LogP contribution in [0.25, 0.3) is 0 Å². The molecule has 122 valence electrons. The van der Waals surface area contributed by atoms with E-state index in [0.29, 0.717) is 12.3 Å². The summed E-state index contributed by atoms with van der Waals surface area (Å²) in [4.78, 5) is 21.7. The fourth-order valence-corrected chi connectivity index (χ4v) is 2.02. The van der Waals surface area contributed by atoms with E-state index in [1.807, 2.05) is 44.2 Å². The largest absolute Gasteiger partial charge is 0.484 e. The monoisotopic (exact) mass is 314 g/mol. The number of ether oxygens (including phenoxy) is 1. The Bertz CT molecular complexity index is 666. The van der Waals surface area contributed by atoms with Gasteiger partial charge in [0.1, 0.15) is 17.4 Å². The number of anilines is 1. The van der Waals surface area contributed by atoms with Crippen LogP contribution in [-0.2, 0) is 11.3 Å². The van der Waals surface area contributed by atoms with Gasteiger partial charge in [0.05, 0.1) is 0 Å². The van der Waals surface area contributed by atoms with Crippen molar-refractivity contribution in [2.75, 3.05) is 26.0 Å². The van der Waals surface area contributed by atoms with E-state index in [2.05, 4.69) is 15.3 Å². The Balaban J connectivity index is 1.95. The van der Waals surface area contributed by atoms with Crippen LogP contribution >= 0.6 is 0 Å². The third-order valence-electron chi connectivity index (χ3n) is 3.20. The second kappa shape index (κ2) is 7.58. The third-order valence-corrected chi connectivity index (χ3v) is 3.20. The minimum atomic E-state index is -0.0690. The molecule has 0 saturated carbocycles. The minimum absolute atomic E-state index is 0.0359. The summed E-state index contributed by atoms with van der Waals surface area (Å²) in [7, 11) is 3.41. The highest BCUT2D eigenvalue weighted by Gasteiger charge is 2.05. The summed E-state index contributed by atoms with van der Waals surface area (Å²) in [5.41, 5.74) is 1.98. The average molecular weight is 314 g/mol. The lowest BCUT2D eigenvalue weighted by molar-refractivity contribution is -0.130. The van der Waals surface area contributed by atoms with Gasteiger partial charge < -0.3 is 15.0 Å². The minimum Gasteiger partial charge on any atom is -0.484 e. The van der Waals surface area contributed by atoms with Gasteiger partial charge in [-0.05, 0) is 31.5 Å². The number of aryl methyl sites for hydroxylation is 2. The molecule has 0 aliphatic carbocycles. The molecule has 0 saturated heterocycles. The first-order valence-corrected chi connectivity index (χ1v) is 7.42. The van der Waals surface area contributed by atoms with Crippen LogP contribution in [0, 0.1) is 13.8 Å². The maximum absolute atomic E-state index is 11.5. The summed E-state index contributed by atoms with van der Waals surface area (Å²) in [5, 5.41) is 3.27. The molecule has 0 aliphatic heterocycles. The molecule has 1 N–H and O–H groups in total. The summed E-state index contributed by atoms with van der Waals surface area (Å²) in [6.07, 6.45) is 0. The van der Waals surface area contributed by atoms with Crippen molar-refractivity contribution in [3.63, 3.8) is 0 Å². The van der Waals surface area contributed by atoms with Crippen LogP contribution in [0.3, 0.4) is 0 Å². The number of nitrogens with one attached hydrogen (secondary N) is 1. The molecular weight excluding hydrogens is 292 g/mol. The molecular formula is C17H22N4O2. The van der Waals surface area contributed by atoms with Gasteiger partial charge in [-0.15, -0.1) is 0 Å². The van der Waals surface area contributed by atoms with Gasteiger partial charge in [0.2, 0.25) is 0 Å². The Kier molecular flexibility index (Phi) is 5.51. The molecule has 6 nitrogen and oxygen atoms in total. The Labute approximate surface area is 136 Å². The van der Waals surface area contributed by atoms with Crippen molar-refractivity contribution < 1.29 is 9.53 Å². The fraction of sp³-hybridized carbons (Fsp3) is 0.353. The molecule has 0 spiro atoms. The van der Waals surface area contributed by atoms with E-state index in [0.717, 1.165) is 22.9 Å². The predicted octanol–water partition coefficient (Wildman–Crippen LogP) is 2.17. The normalized spacial score (nSPS) is 10.3. The number of likely N-dealkylation sites (N-methyl/N-ethyl adjacent to an activating group) is 1.